The third kappa shape index (κ3) is 7.38. The van der Waals surface area contributed by atoms with Gasteiger partial charge in [-0.3, -0.25) is 4.79 Å². The lowest BCUT2D eigenvalue weighted by Crippen LogP contribution is -2.31. The molecular weight excluding hydrogens is 422 g/mol. The second-order valence-electron chi connectivity index (χ2n) is 9.79. The molecule has 1 aliphatic carbocycles. The first-order chi connectivity index (χ1) is 16.6. The number of esters is 1. The van der Waals surface area contributed by atoms with Crippen LogP contribution in [0.5, 0.6) is 5.75 Å². The molecule has 0 saturated heterocycles. The molecule has 0 spiro atoms. The number of carbonyl (C=O) groups is 1. The molecule has 1 heterocycles. The molecule has 5 heteroatoms. The highest BCUT2D eigenvalue weighted by Gasteiger charge is 2.37. The summed E-state index contributed by atoms with van der Waals surface area (Å²) in [5.74, 6) is 0.910. The largest absolute Gasteiger partial charge is 0.426 e. The summed E-state index contributed by atoms with van der Waals surface area (Å²) in [6, 6.07) is 9.99. The molecule has 0 aliphatic heterocycles. The van der Waals surface area contributed by atoms with E-state index in [-0.39, 0.29) is 17.3 Å². The van der Waals surface area contributed by atoms with Crippen LogP contribution in [0.4, 0.5) is 0 Å². The van der Waals surface area contributed by atoms with Crippen LogP contribution in [0.1, 0.15) is 96.5 Å². The monoisotopic (exact) mass is 461 g/mol. The highest BCUT2D eigenvalue weighted by atomic mass is 16.5. The molecular formula is C29H39N3O2. The lowest BCUT2D eigenvalue weighted by atomic mass is 9.69. The summed E-state index contributed by atoms with van der Waals surface area (Å²) in [6.45, 7) is 4.39. The van der Waals surface area contributed by atoms with Crippen LogP contribution in [0.25, 0.3) is 11.4 Å². The number of hydrogen-bond acceptors (Lipinski definition) is 5. The molecule has 3 rings (SSSR count). The van der Waals surface area contributed by atoms with Gasteiger partial charge >= 0.3 is 5.97 Å². The van der Waals surface area contributed by atoms with Gasteiger partial charge in [0.1, 0.15) is 5.75 Å². The maximum Gasteiger partial charge on any atom is 0.314 e. The molecule has 34 heavy (non-hydrogen) atoms. The smallest absolute Gasteiger partial charge is 0.314 e. The quantitative estimate of drug-likeness (QED) is 0.186. The standard InChI is InChI=1S/C29H39N3O2/c1-3-5-7-8-9-17-29(22-30)18-15-25(16-19-29)28(33)34-26-13-11-24(12-14-26)27-31-20-23(21-32-27)10-6-4-2/h11-14,20-21,25H,3-10,15-19H2,1-2H3. The van der Waals surface area contributed by atoms with Gasteiger partial charge in [0.25, 0.3) is 0 Å². The first kappa shape index (κ1) is 25.9. The molecule has 0 unspecified atom stereocenters. The summed E-state index contributed by atoms with van der Waals surface area (Å²) >= 11 is 0. The predicted octanol–water partition coefficient (Wildman–Crippen LogP) is 7.45. The molecule has 0 N–H and O–H groups in total. The second kappa shape index (κ2) is 13.2. The highest BCUT2D eigenvalue weighted by Crippen LogP contribution is 2.42. The van der Waals surface area contributed by atoms with Crippen LogP contribution in [0.2, 0.25) is 0 Å². The zero-order chi connectivity index (χ0) is 24.2. The van der Waals surface area contributed by atoms with Crippen molar-refractivity contribution in [1.82, 2.24) is 9.97 Å². The number of hydrogen-bond donors (Lipinski definition) is 0. The van der Waals surface area contributed by atoms with Crippen molar-refractivity contribution < 1.29 is 9.53 Å². The van der Waals surface area contributed by atoms with Crippen LogP contribution in [-0.4, -0.2) is 15.9 Å². The predicted molar refractivity (Wildman–Crippen MR) is 135 cm³/mol. The molecule has 0 amide bonds. The van der Waals surface area contributed by atoms with Gasteiger partial charge in [-0.25, -0.2) is 9.97 Å². The minimum absolute atomic E-state index is 0.125. The molecule has 1 aromatic heterocycles. The highest BCUT2D eigenvalue weighted by molar-refractivity contribution is 5.75. The van der Waals surface area contributed by atoms with E-state index in [2.05, 4.69) is 29.9 Å². The van der Waals surface area contributed by atoms with Crippen molar-refractivity contribution in [2.24, 2.45) is 11.3 Å². The maximum atomic E-state index is 12.7. The van der Waals surface area contributed by atoms with E-state index in [1.165, 1.54) is 25.7 Å². The number of carbonyl (C=O) groups excluding carboxylic acids is 1. The van der Waals surface area contributed by atoms with Gasteiger partial charge in [-0.1, -0.05) is 52.4 Å². The van der Waals surface area contributed by atoms with E-state index < -0.39 is 0 Å². The number of aromatic nitrogens is 2. The van der Waals surface area contributed by atoms with Gasteiger partial charge in [0.15, 0.2) is 5.82 Å². The molecule has 1 aromatic carbocycles. The molecule has 0 atom stereocenters. The van der Waals surface area contributed by atoms with Crippen molar-refractivity contribution in [2.75, 3.05) is 0 Å². The Morgan fingerprint density at radius 3 is 2.26 bits per heavy atom. The van der Waals surface area contributed by atoms with Crippen molar-refractivity contribution >= 4 is 5.97 Å². The van der Waals surface area contributed by atoms with Crippen molar-refractivity contribution in [1.29, 1.82) is 5.26 Å². The topological polar surface area (TPSA) is 75.9 Å². The van der Waals surface area contributed by atoms with Crippen molar-refractivity contribution in [3.63, 3.8) is 0 Å². The Morgan fingerprint density at radius 2 is 1.65 bits per heavy atom. The molecule has 2 aromatic rings. The van der Waals surface area contributed by atoms with E-state index in [0.29, 0.717) is 11.6 Å². The zero-order valence-electron chi connectivity index (χ0n) is 20.9. The van der Waals surface area contributed by atoms with E-state index in [1.54, 1.807) is 12.1 Å². The fraction of sp³-hybridized carbons (Fsp3) is 0.586. The number of unbranched alkanes of at least 4 members (excludes halogenated alkanes) is 5. The zero-order valence-corrected chi connectivity index (χ0v) is 20.9. The summed E-state index contributed by atoms with van der Waals surface area (Å²) in [5.41, 5.74) is 1.80. The van der Waals surface area contributed by atoms with Crippen LogP contribution in [0, 0.1) is 22.7 Å². The van der Waals surface area contributed by atoms with Gasteiger partial charge in [-0.2, -0.15) is 5.26 Å². The SMILES string of the molecule is CCCCCCCC1(C#N)CCC(C(=O)Oc2ccc(-c3ncc(CCCC)cn3)cc2)CC1. The van der Waals surface area contributed by atoms with E-state index in [0.717, 1.165) is 68.9 Å². The second-order valence-corrected chi connectivity index (χ2v) is 9.79. The van der Waals surface area contributed by atoms with E-state index in [1.807, 2.05) is 24.5 Å². The minimum atomic E-state index is -0.253. The molecule has 0 radical (unpaired) electrons. The molecule has 0 bridgehead atoms. The van der Waals surface area contributed by atoms with Gasteiger partial charge in [0, 0.05) is 18.0 Å². The van der Waals surface area contributed by atoms with Crippen molar-refractivity contribution in [2.45, 2.75) is 97.3 Å². The van der Waals surface area contributed by atoms with Crippen LogP contribution >= 0.6 is 0 Å². The summed E-state index contributed by atoms with van der Waals surface area (Å²) in [7, 11) is 0. The lowest BCUT2D eigenvalue weighted by Gasteiger charge is -2.34. The van der Waals surface area contributed by atoms with Crippen molar-refractivity contribution in [3.8, 4) is 23.2 Å². The van der Waals surface area contributed by atoms with E-state index >= 15 is 0 Å². The Kier molecular flexibility index (Phi) is 10.1. The number of aryl methyl sites for hydroxylation is 1. The molecule has 1 saturated carbocycles. The maximum absolute atomic E-state index is 12.7. The number of nitriles is 1. The van der Waals surface area contributed by atoms with Crippen molar-refractivity contribution in [3.05, 3.63) is 42.2 Å². The van der Waals surface area contributed by atoms with Crippen LogP contribution in [0.15, 0.2) is 36.7 Å². The normalized spacial score (nSPS) is 20.0. The summed E-state index contributed by atoms with van der Waals surface area (Å²) in [5, 5.41) is 9.80. The average molecular weight is 462 g/mol. The summed E-state index contributed by atoms with van der Waals surface area (Å²) < 4.78 is 5.67. The van der Waals surface area contributed by atoms with Gasteiger partial charge < -0.3 is 4.74 Å². The molecule has 1 aliphatic rings. The minimum Gasteiger partial charge on any atom is -0.426 e. The number of nitrogens with zero attached hydrogens (tertiary/aromatic N) is 3. The first-order valence-corrected chi connectivity index (χ1v) is 13.1. The fourth-order valence-corrected chi connectivity index (χ4v) is 4.78. The fourth-order valence-electron chi connectivity index (χ4n) is 4.78. The molecule has 1 fully saturated rings. The Balaban J connectivity index is 1.48. The van der Waals surface area contributed by atoms with Crippen LogP contribution in [-0.2, 0) is 11.2 Å². The number of ether oxygens (including phenoxy) is 1. The van der Waals surface area contributed by atoms with Gasteiger partial charge in [-0.15, -0.1) is 0 Å². The van der Waals surface area contributed by atoms with Gasteiger partial charge in [0.2, 0.25) is 0 Å². The van der Waals surface area contributed by atoms with Gasteiger partial charge in [-0.05, 0) is 74.8 Å². The Hall–Kier alpha value is -2.74. The summed E-state index contributed by atoms with van der Waals surface area (Å²) in [6.07, 6.45) is 17.2. The lowest BCUT2D eigenvalue weighted by molar-refractivity contribution is -0.140. The van der Waals surface area contributed by atoms with Crippen LogP contribution < -0.4 is 4.74 Å². The van der Waals surface area contributed by atoms with Gasteiger partial charge in [0.05, 0.1) is 17.4 Å². The van der Waals surface area contributed by atoms with E-state index in [9.17, 15) is 10.1 Å². The third-order valence-electron chi connectivity index (χ3n) is 7.13. The molecule has 182 valence electrons. The Labute approximate surface area is 205 Å². The molecule has 5 nitrogen and oxygen atoms in total. The Morgan fingerprint density at radius 1 is 1.00 bits per heavy atom. The van der Waals surface area contributed by atoms with E-state index in [4.69, 9.17) is 4.74 Å². The third-order valence-corrected chi connectivity index (χ3v) is 7.13. The first-order valence-electron chi connectivity index (χ1n) is 13.1. The number of benzene rings is 1. The number of rotatable bonds is 12. The summed E-state index contributed by atoms with van der Waals surface area (Å²) in [4.78, 5) is 21.7. The van der Waals surface area contributed by atoms with Crippen LogP contribution in [0.3, 0.4) is 0 Å². The Bertz CT molecular complexity index is 923. The average Bonchev–Trinajstić information content (AvgIpc) is 2.88.